The number of likely N-dealkylation sites (N-methyl/N-ethyl adjacent to an activating group) is 1. The molecule has 7 rings (SSSR count). The monoisotopic (exact) mass is 703 g/mol. The van der Waals surface area contributed by atoms with Gasteiger partial charge in [0.05, 0.1) is 17.2 Å². The molecule has 11 nitrogen and oxygen atoms in total. The Labute approximate surface area is 297 Å². The number of carbonyl (C=O) groups excluding carboxylic acids is 1. The Hall–Kier alpha value is -5.30. The number of amides is 2. The van der Waals surface area contributed by atoms with Crippen molar-refractivity contribution in [3.63, 3.8) is 0 Å². The van der Waals surface area contributed by atoms with Gasteiger partial charge in [-0.1, -0.05) is 61.5 Å². The number of hydrogen-bond donors (Lipinski definition) is 2. The summed E-state index contributed by atoms with van der Waals surface area (Å²) in [6.45, 7) is 5.73. The van der Waals surface area contributed by atoms with Gasteiger partial charge >= 0.3 is 6.03 Å². The van der Waals surface area contributed by atoms with Crippen LogP contribution in [0.2, 0.25) is 0 Å². The van der Waals surface area contributed by atoms with Crippen LogP contribution in [0.4, 0.5) is 10.5 Å². The van der Waals surface area contributed by atoms with E-state index >= 15 is 0 Å². The first-order valence-corrected chi connectivity index (χ1v) is 18.6. The van der Waals surface area contributed by atoms with Crippen LogP contribution in [0.3, 0.4) is 0 Å². The second kappa shape index (κ2) is 14.5. The lowest BCUT2D eigenvalue weighted by Crippen LogP contribution is -2.32. The van der Waals surface area contributed by atoms with Crippen LogP contribution < -0.4 is 5.32 Å². The molecule has 1 saturated heterocycles. The molecule has 12 heteroatoms. The summed E-state index contributed by atoms with van der Waals surface area (Å²) >= 11 is 0. The van der Waals surface area contributed by atoms with E-state index in [9.17, 15) is 18.3 Å². The van der Waals surface area contributed by atoms with Gasteiger partial charge in [-0.3, -0.25) is 9.58 Å². The lowest BCUT2D eigenvalue weighted by Gasteiger charge is -2.19. The Morgan fingerprint density at radius 2 is 1.63 bits per heavy atom. The quantitative estimate of drug-likeness (QED) is 0.159. The minimum Gasteiger partial charge on any atom is -0.395 e. The van der Waals surface area contributed by atoms with E-state index in [2.05, 4.69) is 22.1 Å². The number of likely N-dealkylation sites (tertiary alicyclic amines) is 1. The molecule has 262 valence electrons. The molecule has 3 aromatic heterocycles. The standard InChI is InChI=1S/C39H41N7O4S/c1-3-44(23-24-47)26-28-11-13-29(14-12-28)36-25-34-33(19-20-40-38(34)46(36)51(49,50)32-9-5-4-6-10-32)35-27-43(2)42-37(35)30-15-17-31(18-16-30)41-39(48)45-21-7-8-22-45/h4-6,9-20,25,27,47H,3,7-8,21-24,26H2,1-2H3,(H,41,48). The number of urea groups is 1. The van der Waals surface area contributed by atoms with Crippen LogP contribution in [0.1, 0.15) is 25.3 Å². The third-order valence-corrected chi connectivity index (χ3v) is 11.1. The largest absolute Gasteiger partial charge is 0.395 e. The van der Waals surface area contributed by atoms with Crippen LogP contribution >= 0.6 is 0 Å². The number of carbonyl (C=O) groups is 1. The molecular formula is C39H41N7O4S. The van der Waals surface area contributed by atoms with E-state index in [0.717, 1.165) is 66.0 Å². The predicted molar refractivity (Wildman–Crippen MR) is 200 cm³/mol. The minimum atomic E-state index is -4.06. The normalized spacial score (nSPS) is 13.4. The molecule has 2 N–H and O–H groups in total. The zero-order chi connectivity index (χ0) is 35.5. The molecule has 0 unspecified atom stereocenters. The summed E-state index contributed by atoms with van der Waals surface area (Å²) in [7, 11) is -2.20. The van der Waals surface area contributed by atoms with Gasteiger partial charge in [0.25, 0.3) is 10.0 Å². The van der Waals surface area contributed by atoms with Gasteiger partial charge in [0, 0.05) is 67.8 Å². The Bertz CT molecular complexity index is 2260. The Kier molecular flexibility index (Phi) is 9.72. The molecule has 0 radical (unpaired) electrons. The van der Waals surface area contributed by atoms with Crippen LogP contribution in [0.25, 0.3) is 44.7 Å². The fraction of sp³-hybridized carbons (Fsp3) is 0.256. The van der Waals surface area contributed by atoms with Crippen molar-refractivity contribution in [3.8, 4) is 33.6 Å². The number of aryl methyl sites for hydroxylation is 1. The molecular weight excluding hydrogens is 663 g/mol. The highest BCUT2D eigenvalue weighted by atomic mass is 32.2. The lowest BCUT2D eigenvalue weighted by atomic mass is 10.00. The average molecular weight is 704 g/mol. The zero-order valence-electron chi connectivity index (χ0n) is 28.7. The predicted octanol–water partition coefficient (Wildman–Crippen LogP) is 6.45. The molecule has 2 amide bonds. The van der Waals surface area contributed by atoms with Crippen LogP contribution in [-0.2, 0) is 23.6 Å². The summed E-state index contributed by atoms with van der Waals surface area (Å²) in [5.74, 6) is 0. The highest BCUT2D eigenvalue weighted by Gasteiger charge is 2.27. The molecule has 51 heavy (non-hydrogen) atoms. The SMILES string of the molecule is CCN(CCO)Cc1ccc(-c2cc3c(-c4cn(C)nc4-c4ccc(NC(=O)N5CCCC5)cc4)ccnc3n2S(=O)(=O)c2ccccc2)cc1. The highest BCUT2D eigenvalue weighted by molar-refractivity contribution is 7.90. The van der Waals surface area contributed by atoms with Crippen molar-refractivity contribution >= 4 is 32.8 Å². The third kappa shape index (κ3) is 6.90. The molecule has 0 saturated carbocycles. The van der Waals surface area contributed by atoms with Crippen LogP contribution in [0, 0.1) is 0 Å². The lowest BCUT2D eigenvalue weighted by molar-refractivity contribution is 0.197. The van der Waals surface area contributed by atoms with Crippen molar-refractivity contribution in [3.05, 3.63) is 109 Å². The number of nitrogens with zero attached hydrogens (tertiary/aromatic N) is 6. The molecule has 3 aromatic carbocycles. The third-order valence-electron chi connectivity index (χ3n) is 9.38. The summed E-state index contributed by atoms with van der Waals surface area (Å²) in [6.07, 6.45) is 5.61. The average Bonchev–Trinajstić information content (AvgIpc) is 3.92. The van der Waals surface area contributed by atoms with E-state index in [1.807, 2.05) is 78.8 Å². The topological polar surface area (TPSA) is 126 Å². The van der Waals surface area contributed by atoms with Gasteiger partial charge in [0.1, 0.15) is 5.69 Å². The van der Waals surface area contributed by atoms with Gasteiger partial charge in [0.2, 0.25) is 0 Å². The second-order valence-electron chi connectivity index (χ2n) is 12.8. The van der Waals surface area contributed by atoms with Crippen LogP contribution in [0.5, 0.6) is 0 Å². The maximum absolute atomic E-state index is 14.4. The summed E-state index contributed by atoms with van der Waals surface area (Å²) in [4.78, 5) is 21.5. The molecule has 0 atom stereocenters. The van der Waals surface area contributed by atoms with Crippen molar-refractivity contribution in [2.24, 2.45) is 7.05 Å². The number of rotatable bonds is 11. The number of pyridine rings is 1. The van der Waals surface area contributed by atoms with E-state index in [-0.39, 0.29) is 17.5 Å². The number of anilines is 1. The zero-order valence-corrected chi connectivity index (χ0v) is 29.6. The molecule has 0 spiro atoms. The fourth-order valence-corrected chi connectivity index (χ4v) is 8.22. The minimum absolute atomic E-state index is 0.0831. The van der Waals surface area contributed by atoms with E-state index in [1.165, 1.54) is 3.97 Å². The first-order valence-electron chi connectivity index (χ1n) is 17.2. The van der Waals surface area contributed by atoms with E-state index in [4.69, 9.17) is 5.10 Å². The van der Waals surface area contributed by atoms with Crippen molar-refractivity contribution in [2.45, 2.75) is 31.2 Å². The number of aliphatic hydroxyl groups excluding tert-OH is 1. The Morgan fingerprint density at radius 3 is 2.31 bits per heavy atom. The number of aromatic nitrogens is 4. The van der Waals surface area contributed by atoms with Gasteiger partial charge in [-0.15, -0.1) is 0 Å². The second-order valence-corrected chi connectivity index (χ2v) is 14.6. The molecule has 1 aliphatic rings. The van der Waals surface area contributed by atoms with Gasteiger partial charge in [-0.05, 0) is 72.5 Å². The van der Waals surface area contributed by atoms with E-state index in [0.29, 0.717) is 35.5 Å². The molecule has 6 aromatic rings. The Balaban J connectivity index is 1.31. The Morgan fingerprint density at radius 1 is 0.922 bits per heavy atom. The highest BCUT2D eigenvalue weighted by Crippen LogP contribution is 2.39. The first kappa shape index (κ1) is 34.2. The maximum Gasteiger partial charge on any atom is 0.321 e. The van der Waals surface area contributed by atoms with Gasteiger partial charge in [-0.2, -0.15) is 5.10 Å². The van der Waals surface area contributed by atoms with Gasteiger partial charge in [0.15, 0.2) is 5.65 Å². The summed E-state index contributed by atoms with van der Waals surface area (Å²) < 4.78 is 31.9. The number of benzene rings is 3. The van der Waals surface area contributed by atoms with E-state index in [1.54, 1.807) is 41.2 Å². The van der Waals surface area contributed by atoms with Crippen LogP contribution in [-0.4, -0.2) is 80.9 Å². The summed E-state index contributed by atoms with van der Waals surface area (Å²) in [5.41, 5.74) is 6.47. The van der Waals surface area contributed by atoms with Crippen molar-refractivity contribution in [1.82, 2.24) is 28.5 Å². The number of nitrogens with one attached hydrogen (secondary N) is 1. The summed E-state index contributed by atoms with van der Waals surface area (Å²) in [6, 6.07) is 27.6. The smallest absolute Gasteiger partial charge is 0.321 e. The van der Waals surface area contributed by atoms with Crippen molar-refractivity contribution < 1.29 is 18.3 Å². The molecule has 1 fully saturated rings. The number of fused-ring (bicyclic) bond motifs is 1. The van der Waals surface area contributed by atoms with Crippen molar-refractivity contribution in [2.75, 3.05) is 38.1 Å². The van der Waals surface area contributed by atoms with Gasteiger partial charge < -0.3 is 15.3 Å². The fourth-order valence-electron chi connectivity index (χ4n) is 6.71. The number of aliphatic hydroxyl groups is 1. The number of hydrogen-bond acceptors (Lipinski definition) is 7. The summed E-state index contributed by atoms with van der Waals surface area (Å²) in [5, 5.41) is 17.9. The van der Waals surface area contributed by atoms with Crippen molar-refractivity contribution in [1.29, 1.82) is 0 Å². The van der Waals surface area contributed by atoms with E-state index < -0.39 is 10.0 Å². The molecule has 0 bridgehead atoms. The first-order chi connectivity index (χ1) is 24.8. The maximum atomic E-state index is 14.4. The molecule has 0 aliphatic carbocycles. The molecule has 4 heterocycles. The molecule has 1 aliphatic heterocycles. The van der Waals surface area contributed by atoms with Gasteiger partial charge in [-0.25, -0.2) is 22.2 Å². The van der Waals surface area contributed by atoms with Crippen LogP contribution in [0.15, 0.2) is 108 Å².